The van der Waals surface area contributed by atoms with Crippen molar-refractivity contribution in [2.24, 2.45) is 0 Å². The number of pyridine rings is 1. The Balaban J connectivity index is 2.39. The number of rotatable bonds is 3. The Kier molecular flexibility index (Phi) is 3.80. The van der Waals surface area contributed by atoms with Gasteiger partial charge in [0.2, 0.25) is 0 Å². The van der Waals surface area contributed by atoms with E-state index in [1.54, 1.807) is 27.8 Å². The molecule has 0 saturated heterocycles. The molecule has 0 bridgehead atoms. The van der Waals surface area contributed by atoms with E-state index in [0.717, 1.165) is 5.03 Å². The second-order valence-electron chi connectivity index (χ2n) is 2.16. The van der Waals surface area contributed by atoms with E-state index in [4.69, 9.17) is 0 Å². The summed E-state index contributed by atoms with van der Waals surface area (Å²) in [6.45, 7) is 5.94. The van der Waals surface area contributed by atoms with Gasteiger partial charge >= 0.3 is 0 Å². The van der Waals surface area contributed by atoms with Crippen LogP contribution in [0.5, 0.6) is 0 Å². The number of hydrogen-bond donors (Lipinski definition) is 0. The summed E-state index contributed by atoms with van der Waals surface area (Å²) in [5.41, 5.74) is 0. The van der Waals surface area contributed by atoms with E-state index < -0.39 is 0 Å². The van der Waals surface area contributed by atoms with Gasteiger partial charge in [0, 0.05) is 11.4 Å². The lowest BCUT2D eigenvalue weighted by Gasteiger charge is -2.01. The van der Waals surface area contributed by atoms with Gasteiger partial charge in [0.1, 0.15) is 5.03 Å². The fraction of sp³-hybridized carbons (Fsp3) is 0.250. The minimum absolute atomic E-state index is 0.405. The van der Waals surface area contributed by atoms with E-state index in [9.17, 15) is 0 Å². The van der Waals surface area contributed by atoms with Crippen LogP contribution in [0.15, 0.2) is 29.4 Å². The van der Waals surface area contributed by atoms with Crippen molar-refractivity contribution in [1.29, 1.82) is 0 Å². The van der Waals surface area contributed by atoms with Crippen molar-refractivity contribution in [2.75, 3.05) is 0 Å². The van der Waals surface area contributed by atoms with E-state index in [2.05, 4.69) is 18.8 Å². The van der Waals surface area contributed by atoms with Crippen LogP contribution in [0.2, 0.25) is 0 Å². The van der Waals surface area contributed by atoms with Gasteiger partial charge in [-0.05, 0) is 29.9 Å². The molecule has 1 aromatic heterocycles. The molecule has 59 valence electrons. The van der Waals surface area contributed by atoms with Gasteiger partial charge in [-0.3, -0.25) is 0 Å². The van der Waals surface area contributed by atoms with Gasteiger partial charge < -0.3 is 0 Å². The zero-order valence-corrected chi connectivity index (χ0v) is 7.99. The Labute approximate surface area is 75.4 Å². The lowest BCUT2D eigenvalue weighted by molar-refractivity contribution is 1.14. The first kappa shape index (κ1) is 8.94. The van der Waals surface area contributed by atoms with E-state index in [-0.39, 0.29) is 0 Å². The Bertz CT molecular complexity index is 199. The standard InChI is InChI=1S/C8H10NS2/c1-7(2)10-11-8-5-3-4-6-9-8/h3-7H,1H2,2H3/t7-/m1/s1. The third-order valence-electron chi connectivity index (χ3n) is 0.936. The molecule has 0 spiro atoms. The molecule has 0 aliphatic heterocycles. The summed E-state index contributed by atoms with van der Waals surface area (Å²) in [4.78, 5) is 4.17. The van der Waals surface area contributed by atoms with Gasteiger partial charge in [0.15, 0.2) is 0 Å². The SMILES string of the molecule is [CH2][C@H](C)SSc1ccccn1. The molecular weight excluding hydrogens is 174 g/mol. The summed E-state index contributed by atoms with van der Waals surface area (Å²) >= 11 is 0. The highest BCUT2D eigenvalue weighted by Gasteiger charge is 1.97. The number of aromatic nitrogens is 1. The Morgan fingerprint density at radius 2 is 2.36 bits per heavy atom. The topological polar surface area (TPSA) is 12.9 Å². The minimum atomic E-state index is 0.405. The summed E-state index contributed by atoms with van der Waals surface area (Å²) in [6, 6.07) is 5.91. The fourth-order valence-electron chi connectivity index (χ4n) is 0.528. The van der Waals surface area contributed by atoms with E-state index in [1.807, 2.05) is 18.2 Å². The smallest absolute Gasteiger partial charge is 0.106 e. The van der Waals surface area contributed by atoms with Crippen LogP contribution in [0.1, 0.15) is 6.92 Å². The van der Waals surface area contributed by atoms with Gasteiger partial charge in [-0.15, -0.1) is 0 Å². The molecule has 0 aliphatic rings. The average molecular weight is 184 g/mol. The van der Waals surface area contributed by atoms with Crippen molar-refractivity contribution in [3.05, 3.63) is 31.3 Å². The van der Waals surface area contributed by atoms with E-state index in [0.29, 0.717) is 5.25 Å². The van der Waals surface area contributed by atoms with Crippen LogP contribution in [0.3, 0.4) is 0 Å². The van der Waals surface area contributed by atoms with Crippen molar-refractivity contribution in [3.8, 4) is 0 Å². The second-order valence-corrected chi connectivity index (χ2v) is 4.82. The molecule has 1 rings (SSSR count). The van der Waals surface area contributed by atoms with Gasteiger partial charge in [0.05, 0.1) is 0 Å². The van der Waals surface area contributed by atoms with Crippen molar-refractivity contribution >= 4 is 21.6 Å². The molecule has 1 radical (unpaired) electrons. The molecule has 0 aliphatic carbocycles. The fourth-order valence-corrected chi connectivity index (χ4v) is 2.11. The van der Waals surface area contributed by atoms with Gasteiger partial charge in [-0.2, -0.15) is 0 Å². The highest BCUT2D eigenvalue weighted by atomic mass is 33.1. The first-order chi connectivity index (χ1) is 5.29. The summed E-state index contributed by atoms with van der Waals surface area (Å²) in [7, 11) is 3.40. The predicted octanol–water partition coefficient (Wildman–Crippen LogP) is 3.04. The Morgan fingerprint density at radius 1 is 1.55 bits per heavy atom. The third kappa shape index (κ3) is 3.68. The van der Waals surface area contributed by atoms with Gasteiger partial charge in [-0.1, -0.05) is 23.8 Å². The third-order valence-corrected chi connectivity index (χ3v) is 3.56. The van der Waals surface area contributed by atoms with Gasteiger partial charge in [0.25, 0.3) is 0 Å². The number of nitrogens with zero attached hydrogens (tertiary/aromatic N) is 1. The van der Waals surface area contributed by atoms with Crippen molar-refractivity contribution in [1.82, 2.24) is 4.98 Å². The van der Waals surface area contributed by atoms with Crippen LogP contribution in [0, 0.1) is 6.92 Å². The van der Waals surface area contributed by atoms with E-state index in [1.165, 1.54) is 0 Å². The summed E-state index contributed by atoms with van der Waals surface area (Å²) in [6.07, 6.45) is 1.80. The Hall–Kier alpha value is -0.150. The lowest BCUT2D eigenvalue weighted by atomic mass is 10.5. The minimum Gasteiger partial charge on any atom is -0.249 e. The average Bonchev–Trinajstić information content (AvgIpc) is 2.03. The van der Waals surface area contributed by atoms with Crippen LogP contribution in [-0.4, -0.2) is 10.2 Å². The van der Waals surface area contributed by atoms with Crippen molar-refractivity contribution < 1.29 is 0 Å². The molecule has 0 fully saturated rings. The Morgan fingerprint density at radius 3 is 2.91 bits per heavy atom. The predicted molar refractivity (Wildman–Crippen MR) is 52.5 cm³/mol. The van der Waals surface area contributed by atoms with Gasteiger partial charge in [-0.25, -0.2) is 4.98 Å². The maximum Gasteiger partial charge on any atom is 0.106 e. The highest BCUT2D eigenvalue weighted by molar-refractivity contribution is 8.76. The van der Waals surface area contributed by atoms with Crippen molar-refractivity contribution in [3.63, 3.8) is 0 Å². The quantitative estimate of drug-likeness (QED) is 0.670. The lowest BCUT2D eigenvalue weighted by Crippen LogP contribution is -1.82. The first-order valence-electron chi connectivity index (χ1n) is 3.36. The molecule has 3 heteroatoms. The summed E-state index contributed by atoms with van der Waals surface area (Å²) in [5.74, 6) is 0. The maximum absolute atomic E-state index is 4.17. The molecule has 1 nitrogen and oxygen atoms in total. The second kappa shape index (κ2) is 4.67. The summed E-state index contributed by atoms with van der Waals surface area (Å²) < 4.78 is 0. The van der Waals surface area contributed by atoms with Crippen molar-refractivity contribution in [2.45, 2.75) is 17.2 Å². The van der Waals surface area contributed by atoms with Crippen LogP contribution >= 0.6 is 21.6 Å². The molecule has 0 saturated carbocycles. The van der Waals surface area contributed by atoms with Crippen LogP contribution < -0.4 is 0 Å². The van der Waals surface area contributed by atoms with Crippen LogP contribution in [0.25, 0.3) is 0 Å². The molecule has 0 N–H and O–H groups in total. The summed E-state index contributed by atoms with van der Waals surface area (Å²) in [5, 5.41) is 1.45. The largest absolute Gasteiger partial charge is 0.249 e. The zero-order chi connectivity index (χ0) is 8.10. The molecule has 1 heterocycles. The monoisotopic (exact) mass is 184 g/mol. The molecular formula is C8H10NS2. The molecule has 0 aromatic carbocycles. The first-order valence-corrected chi connectivity index (χ1v) is 5.58. The highest BCUT2D eigenvalue weighted by Crippen LogP contribution is 2.31. The van der Waals surface area contributed by atoms with Crippen LogP contribution in [0.4, 0.5) is 0 Å². The number of hydrogen-bond acceptors (Lipinski definition) is 3. The molecule has 11 heavy (non-hydrogen) atoms. The molecule has 1 atom stereocenters. The molecule has 0 unspecified atom stereocenters. The maximum atomic E-state index is 4.17. The van der Waals surface area contributed by atoms with Crippen LogP contribution in [-0.2, 0) is 0 Å². The van der Waals surface area contributed by atoms with E-state index >= 15 is 0 Å². The zero-order valence-electron chi connectivity index (χ0n) is 6.36. The molecule has 0 amide bonds. The molecule has 1 aromatic rings. The normalized spacial score (nSPS) is 10.5.